The van der Waals surface area contributed by atoms with E-state index >= 15 is 0 Å². The van der Waals surface area contributed by atoms with Gasteiger partial charge in [-0.3, -0.25) is 0 Å². The quantitative estimate of drug-likeness (QED) is 0.935. The summed E-state index contributed by atoms with van der Waals surface area (Å²) in [5, 5.41) is 9.85. The molecule has 3 rings (SSSR count). The first-order chi connectivity index (χ1) is 10.1. The molecule has 2 unspecified atom stereocenters. The first-order valence-electron chi connectivity index (χ1n) is 7.29. The Morgan fingerprint density at radius 1 is 1.29 bits per heavy atom. The smallest absolute Gasteiger partial charge is 0.137 e. The van der Waals surface area contributed by atoms with Crippen LogP contribution in [0.15, 0.2) is 42.5 Å². The minimum absolute atomic E-state index is 0.0329. The van der Waals surface area contributed by atoms with Crippen LogP contribution in [0.5, 0.6) is 11.5 Å². The zero-order valence-electron chi connectivity index (χ0n) is 12.4. The molecule has 1 aliphatic heterocycles. The summed E-state index contributed by atoms with van der Waals surface area (Å²) in [6, 6.07) is 13.9. The van der Waals surface area contributed by atoms with Gasteiger partial charge in [0.05, 0.1) is 6.10 Å². The van der Waals surface area contributed by atoms with Crippen LogP contribution in [0.4, 0.5) is 0 Å². The topological polar surface area (TPSA) is 38.7 Å². The van der Waals surface area contributed by atoms with Crippen LogP contribution < -0.4 is 9.47 Å². The lowest BCUT2D eigenvalue weighted by Gasteiger charge is -2.17. The van der Waals surface area contributed by atoms with Gasteiger partial charge in [0, 0.05) is 12.0 Å². The van der Waals surface area contributed by atoms with Crippen molar-refractivity contribution in [2.45, 2.75) is 32.5 Å². The van der Waals surface area contributed by atoms with Crippen LogP contribution in [-0.4, -0.2) is 17.8 Å². The molecule has 110 valence electrons. The van der Waals surface area contributed by atoms with Crippen LogP contribution >= 0.6 is 0 Å². The lowest BCUT2D eigenvalue weighted by molar-refractivity contribution is 0.141. The van der Waals surface area contributed by atoms with Crippen LogP contribution in [0.25, 0.3) is 0 Å². The molecule has 3 nitrogen and oxygen atoms in total. The Kier molecular flexibility index (Phi) is 3.84. The summed E-state index contributed by atoms with van der Waals surface area (Å²) in [7, 11) is 0. The molecule has 0 bridgehead atoms. The van der Waals surface area contributed by atoms with Crippen molar-refractivity contribution in [1.29, 1.82) is 0 Å². The zero-order valence-corrected chi connectivity index (χ0v) is 12.4. The number of aliphatic hydroxyl groups excluding tert-OH is 1. The average molecular weight is 284 g/mol. The minimum atomic E-state index is -0.540. The third kappa shape index (κ3) is 3.03. The second-order valence-electron chi connectivity index (χ2n) is 5.58. The largest absolute Gasteiger partial charge is 0.489 e. The van der Waals surface area contributed by atoms with Crippen molar-refractivity contribution in [2.24, 2.45) is 0 Å². The van der Waals surface area contributed by atoms with E-state index < -0.39 is 6.10 Å². The van der Waals surface area contributed by atoms with E-state index in [1.54, 1.807) is 6.92 Å². The molecule has 2 aromatic carbocycles. The minimum Gasteiger partial charge on any atom is -0.489 e. The standard InChI is InChI=1S/C18H20O3/c1-12-7-8-18(16(9-12)13(2)19)20-11-15-10-14-5-3-4-6-17(14)21-15/h3-9,13,15,19H,10-11H2,1-2H3. The number of fused-ring (bicyclic) bond motifs is 1. The first-order valence-corrected chi connectivity index (χ1v) is 7.29. The molecule has 0 aromatic heterocycles. The SMILES string of the molecule is Cc1ccc(OCC2Cc3ccccc3O2)c(C(C)O)c1. The fourth-order valence-corrected chi connectivity index (χ4v) is 2.66. The van der Waals surface area contributed by atoms with E-state index in [0.717, 1.165) is 29.0 Å². The van der Waals surface area contributed by atoms with Crippen molar-refractivity contribution < 1.29 is 14.6 Å². The molecule has 0 aliphatic carbocycles. The van der Waals surface area contributed by atoms with Crippen molar-refractivity contribution in [3.63, 3.8) is 0 Å². The van der Waals surface area contributed by atoms with E-state index in [-0.39, 0.29) is 6.10 Å². The van der Waals surface area contributed by atoms with Gasteiger partial charge in [-0.2, -0.15) is 0 Å². The third-order valence-corrected chi connectivity index (χ3v) is 3.75. The van der Waals surface area contributed by atoms with Crippen LogP contribution in [0.3, 0.4) is 0 Å². The zero-order chi connectivity index (χ0) is 14.8. The highest BCUT2D eigenvalue weighted by molar-refractivity contribution is 5.39. The number of aliphatic hydroxyl groups is 1. The molecule has 0 spiro atoms. The highest BCUT2D eigenvalue weighted by atomic mass is 16.5. The molecular formula is C18H20O3. The van der Waals surface area contributed by atoms with Gasteiger partial charge >= 0.3 is 0 Å². The summed E-state index contributed by atoms with van der Waals surface area (Å²) in [5.41, 5.74) is 3.17. The first kappa shape index (κ1) is 14.0. The predicted molar refractivity (Wildman–Crippen MR) is 81.9 cm³/mol. The maximum Gasteiger partial charge on any atom is 0.137 e. The molecule has 0 saturated heterocycles. The normalized spacial score (nSPS) is 18.0. The molecule has 0 saturated carbocycles. The van der Waals surface area contributed by atoms with Crippen molar-refractivity contribution in [3.05, 3.63) is 59.2 Å². The van der Waals surface area contributed by atoms with Gasteiger partial charge in [0.2, 0.25) is 0 Å². The predicted octanol–water partition coefficient (Wildman–Crippen LogP) is 3.43. The fourth-order valence-electron chi connectivity index (χ4n) is 2.66. The second kappa shape index (κ2) is 5.78. The van der Waals surface area contributed by atoms with Gasteiger partial charge in [-0.15, -0.1) is 0 Å². The Bertz CT molecular complexity index is 609. The number of benzene rings is 2. The Morgan fingerprint density at radius 3 is 2.86 bits per heavy atom. The lowest BCUT2D eigenvalue weighted by Crippen LogP contribution is -2.22. The van der Waals surface area contributed by atoms with Crippen LogP contribution in [-0.2, 0) is 6.42 Å². The number of hydrogen-bond acceptors (Lipinski definition) is 3. The van der Waals surface area contributed by atoms with E-state index in [0.29, 0.717) is 6.61 Å². The van der Waals surface area contributed by atoms with E-state index in [4.69, 9.17) is 9.47 Å². The Balaban J connectivity index is 1.67. The van der Waals surface area contributed by atoms with E-state index in [9.17, 15) is 5.11 Å². The third-order valence-electron chi connectivity index (χ3n) is 3.75. The lowest BCUT2D eigenvalue weighted by atomic mass is 10.1. The molecule has 1 N–H and O–H groups in total. The maximum absolute atomic E-state index is 9.85. The van der Waals surface area contributed by atoms with Gasteiger partial charge in [-0.25, -0.2) is 0 Å². The second-order valence-corrected chi connectivity index (χ2v) is 5.58. The molecule has 0 radical (unpaired) electrons. The number of rotatable bonds is 4. The van der Waals surface area contributed by atoms with E-state index in [1.807, 2.05) is 43.3 Å². The van der Waals surface area contributed by atoms with Crippen molar-refractivity contribution in [2.75, 3.05) is 6.61 Å². The molecule has 0 amide bonds. The number of ether oxygens (including phenoxy) is 2. The van der Waals surface area contributed by atoms with Gasteiger partial charge in [0.1, 0.15) is 24.2 Å². The number of para-hydroxylation sites is 1. The summed E-state index contributed by atoms with van der Waals surface area (Å²) < 4.78 is 11.7. The van der Waals surface area contributed by atoms with Crippen LogP contribution in [0.1, 0.15) is 29.7 Å². The summed E-state index contributed by atoms with van der Waals surface area (Å²) in [5.74, 6) is 1.68. The van der Waals surface area contributed by atoms with Crippen molar-refractivity contribution >= 4 is 0 Å². The monoisotopic (exact) mass is 284 g/mol. The van der Waals surface area contributed by atoms with Gasteiger partial charge in [0.25, 0.3) is 0 Å². The van der Waals surface area contributed by atoms with Gasteiger partial charge < -0.3 is 14.6 Å². The molecular weight excluding hydrogens is 264 g/mol. The van der Waals surface area contributed by atoms with Gasteiger partial charge in [0.15, 0.2) is 0 Å². The molecule has 21 heavy (non-hydrogen) atoms. The Morgan fingerprint density at radius 2 is 2.10 bits per heavy atom. The summed E-state index contributed by atoms with van der Waals surface area (Å²) in [6.45, 7) is 4.24. The average Bonchev–Trinajstić information content (AvgIpc) is 2.88. The molecule has 2 atom stereocenters. The summed E-state index contributed by atoms with van der Waals surface area (Å²) in [4.78, 5) is 0. The maximum atomic E-state index is 9.85. The number of hydrogen-bond donors (Lipinski definition) is 1. The molecule has 1 aliphatic rings. The summed E-state index contributed by atoms with van der Waals surface area (Å²) >= 11 is 0. The molecule has 1 heterocycles. The highest BCUT2D eigenvalue weighted by Crippen LogP contribution is 2.30. The Labute approximate surface area is 125 Å². The molecule has 0 fully saturated rings. The molecule has 3 heteroatoms. The van der Waals surface area contributed by atoms with Crippen LogP contribution in [0, 0.1) is 6.92 Å². The highest BCUT2D eigenvalue weighted by Gasteiger charge is 2.23. The van der Waals surface area contributed by atoms with Gasteiger partial charge in [-0.05, 0) is 37.6 Å². The Hall–Kier alpha value is -2.00. The van der Waals surface area contributed by atoms with Crippen LogP contribution in [0.2, 0.25) is 0 Å². The number of aryl methyl sites for hydroxylation is 1. The fraction of sp³-hybridized carbons (Fsp3) is 0.333. The van der Waals surface area contributed by atoms with Crippen molar-refractivity contribution in [1.82, 2.24) is 0 Å². The summed E-state index contributed by atoms with van der Waals surface area (Å²) in [6.07, 6.45) is 0.360. The van der Waals surface area contributed by atoms with E-state index in [2.05, 4.69) is 6.07 Å². The van der Waals surface area contributed by atoms with Gasteiger partial charge in [-0.1, -0.05) is 29.8 Å². The van der Waals surface area contributed by atoms with Crippen molar-refractivity contribution in [3.8, 4) is 11.5 Å². The van der Waals surface area contributed by atoms with E-state index in [1.165, 1.54) is 5.56 Å². The molecule has 2 aromatic rings.